The van der Waals surface area contributed by atoms with Crippen LogP contribution in [-0.2, 0) is 9.59 Å². The Morgan fingerprint density at radius 3 is 2.28 bits per heavy atom. The Morgan fingerprint density at radius 1 is 1.04 bits per heavy atom. The number of rotatable bonds is 3. The van der Waals surface area contributed by atoms with Gasteiger partial charge in [0.25, 0.3) is 5.91 Å². The molecule has 4 nitrogen and oxygen atoms in total. The number of halogens is 1. The van der Waals surface area contributed by atoms with E-state index in [4.69, 9.17) is 0 Å². The van der Waals surface area contributed by atoms with Gasteiger partial charge in [-0.1, -0.05) is 30.3 Å². The number of hydrogen-bond donors (Lipinski definition) is 0. The van der Waals surface area contributed by atoms with E-state index >= 15 is 0 Å². The lowest BCUT2D eigenvalue weighted by atomic mass is 9.98. The Balaban J connectivity index is 2.13. The molecule has 2 amide bonds. The fraction of sp³-hybridized carbons (Fsp3) is 0.300. The van der Waals surface area contributed by atoms with Crippen molar-refractivity contribution < 1.29 is 14.0 Å². The molecular formula is C20H21FN2O2. The van der Waals surface area contributed by atoms with Crippen molar-refractivity contribution >= 4 is 17.5 Å². The molecule has 1 aliphatic rings. The summed E-state index contributed by atoms with van der Waals surface area (Å²) in [5.41, 5.74) is 2.22. The minimum absolute atomic E-state index is 0.0442. The molecular weight excluding hydrogens is 319 g/mol. The molecule has 3 rings (SSSR count). The van der Waals surface area contributed by atoms with Crippen LogP contribution in [0.1, 0.15) is 31.0 Å². The molecule has 1 aliphatic heterocycles. The van der Waals surface area contributed by atoms with Gasteiger partial charge in [0, 0.05) is 11.7 Å². The Kier molecular flexibility index (Phi) is 4.57. The number of benzene rings is 2. The van der Waals surface area contributed by atoms with E-state index in [9.17, 15) is 14.0 Å². The number of nitrogens with zero attached hydrogens (tertiary/aromatic N) is 2. The normalized spacial score (nSPS) is 18.2. The van der Waals surface area contributed by atoms with Crippen LogP contribution >= 0.6 is 0 Å². The van der Waals surface area contributed by atoms with E-state index in [2.05, 4.69) is 0 Å². The zero-order chi connectivity index (χ0) is 18.1. The molecule has 25 heavy (non-hydrogen) atoms. The summed E-state index contributed by atoms with van der Waals surface area (Å²) in [6.45, 7) is 5.72. The smallest absolute Gasteiger partial charge is 0.251 e. The monoisotopic (exact) mass is 340 g/mol. The van der Waals surface area contributed by atoms with Crippen LogP contribution < -0.4 is 4.90 Å². The van der Waals surface area contributed by atoms with Crippen LogP contribution in [0.15, 0.2) is 48.5 Å². The number of para-hydroxylation sites is 1. The first-order valence-electron chi connectivity index (χ1n) is 8.33. The quantitative estimate of drug-likeness (QED) is 0.858. The molecule has 0 saturated carbocycles. The molecule has 1 unspecified atom stereocenters. The zero-order valence-corrected chi connectivity index (χ0v) is 14.6. The highest BCUT2D eigenvalue weighted by Crippen LogP contribution is 2.34. The Labute approximate surface area is 146 Å². The molecule has 1 fully saturated rings. The topological polar surface area (TPSA) is 40.6 Å². The third-order valence-electron chi connectivity index (χ3n) is 4.53. The molecule has 1 saturated heterocycles. The molecule has 0 spiro atoms. The van der Waals surface area contributed by atoms with Gasteiger partial charge in [0.2, 0.25) is 5.91 Å². The Hall–Kier alpha value is -2.69. The largest absolute Gasteiger partial charge is 0.329 e. The zero-order valence-electron chi connectivity index (χ0n) is 14.6. The number of hydrogen-bond acceptors (Lipinski definition) is 2. The third-order valence-corrected chi connectivity index (χ3v) is 4.53. The first-order chi connectivity index (χ1) is 11.9. The summed E-state index contributed by atoms with van der Waals surface area (Å²) in [4.78, 5) is 29.2. The Morgan fingerprint density at radius 2 is 1.68 bits per heavy atom. The van der Waals surface area contributed by atoms with Crippen molar-refractivity contribution in [1.82, 2.24) is 4.90 Å². The molecule has 2 aromatic rings. The predicted octanol–water partition coefficient (Wildman–Crippen LogP) is 3.46. The summed E-state index contributed by atoms with van der Waals surface area (Å²) in [7, 11) is 0. The lowest BCUT2D eigenvalue weighted by Crippen LogP contribution is -2.57. The number of carbonyl (C=O) groups excluding carboxylic acids is 2. The molecule has 5 heteroatoms. The van der Waals surface area contributed by atoms with Gasteiger partial charge >= 0.3 is 0 Å². The molecule has 0 aliphatic carbocycles. The predicted molar refractivity (Wildman–Crippen MR) is 94.7 cm³/mol. The van der Waals surface area contributed by atoms with E-state index in [1.807, 2.05) is 45.0 Å². The average Bonchev–Trinajstić information content (AvgIpc) is 2.58. The fourth-order valence-electron chi connectivity index (χ4n) is 3.19. The molecule has 0 radical (unpaired) electrons. The number of piperazine rings is 1. The minimum Gasteiger partial charge on any atom is -0.329 e. The van der Waals surface area contributed by atoms with Gasteiger partial charge in [-0.25, -0.2) is 4.39 Å². The molecule has 1 atom stereocenters. The summed E-state index contributed by atoms with van der Waals surface area (Å²) in [6.07, 6.45) is 0. The maximum Gasteiger partial charge on any atom is 0.251 e. The summed E-state index contributed by atoms with van der Waals surface area (Å²) < 4.78 is 13.3. The maximum atomic E-state index is 13.3. The first-order valence-corrected chi connectivity index (χ1v) is 8.33. The van der Waals surface area contributed by atoms with Gasteiger partial charge in [0.15, 0.2) is 0 Å². The SMILES string of the molecule is Cc1ccccc1N1C(=O)CN(C(C)C)C(=O)C1c1ccc(F)cc1. The van der Waals surface area contributed by atoms with Crippen molar-refractivity contribution in [2.24, 2.45) is 0 Å². The van der Waals surface area contributed by atoms with E-state index in [-0.39, 0.29) is 30.2 Å². The second-order valence-corrected chi connectivity index (χ2v) is 6.56. The van der Waals surface area contributed by atoms with Crippen molar-refractivity contribution in [3.05, 3.63) is 65.5 Å². The Bertz CT molecular complexity index is 802. The lowest BCUT2D eigenvalue weighted by molar-refractivity contribution is -0.143. The van der Waals surface area contributed by atoms with Gasteiger partial charge in [-0.3, -0.25) is 14.5 Å². The van der Waals surface area contributed by atoms with Gasteiger partial charge in [0.05, 0.1) is 0 Å². The molecule has 2 aromatic carbocycles. The van der Waals surface area contributed by atoms with Crippen LogP contribution in [-0.4, -0.2) is 29.3 Å². The van der Waals surface area contributed by atoms with Crippen molar-refractivity contribution in [2.45, 2.75) is 32.9 Å². The lowest BCUT2D eigenvalue weighted by Gasteiger charge is -2.42. The van der Waals surface area contributed by atoms with Gasteiger partial charge in [-0.05, 0) is 50.1 Å². The van der Waals surface area contributed by atoms with Crippen LogP contribution in [0.3, 0.4) is 0 Å². The van der Waals surface area contributed by atoms with E-state index in [1.54, 1.807) is 21.9 Å². The van der Waals surface area contributed by atoms with E-state index in [0.29, 0.717) is 11.3 Å². The van der Waals surface area contributed by atoms with Crippen molar-refractivity contribution in [2.75, 3.05) is 11.4 Å². The highest BCUT2D eigenvalue weighted by molar-refractivity contribution is 6.07. The molecule has 0 aromatic heterocycles. The summed E-state index contributed by atoms with van der Waals surface area (Å²) >= 11 is 0. The number of carbonyl (C=O) groups is 2. The highest BCUT2D eigenvalue weighted by atomic mass is 19.1. The van der Waals surface area contributed by atoms with Crippen LogP contribution in [0.5, 0.6) is 0 Å². The van der Waals surface area contributed by atoms with E-state index in [0.717, 1.165) is 5.56 Å². The van der Waals surface area contributed by atoms with Gasteiger partial charge in [0.1, 0.15) is 18.4 Å². The van der Waals surface area contributed by atoms with Gasteiger partial charge < -0.3 is 4.90 Å². The van der Waals surface area contributed by atoms with Crippen LogP contribution in [0.4, 0.5) is 10.1 Å². The van der Waals surface area contributed by atoms with E-state index in [1.165, 1.54) is 12.1 Å². The maximum absolute atomic E-state index is 13.3. The van der Waals surface area contributed by atoms with Gasteiger partial charge in [-0.2, -0.15) is 0 Å². The second kappa shape index (κ2) is 6.67. The van der Waals surface area contributed by atoms with Crippen molar-refractivity contribution in [1.29, 1.82) is 0 Å². The second-order valence-electron chi connectivity index (χ2n) is 6.56. The standard InChI is InChI=1S/C20H21FN2O2/c1-13(2)22-12-18(24)23(17-7-5-4-6-14(17)3)19(20(22)25)15-8-10-16(21)11-9-15/h4-11,13,19H,12H2,1-3H3. The van der Waals surface area contributed by atoms with Crippen molar-refractivity contribution in [3.63, 3.8) is 0 Å². The number of anilines is 1. The molecule has 1 heterocycles. The van der Waals surface area contributed by atoms with Crippen LogP contribution in [0.25, 0.3) is 0 Å². The molecule has 0 N–H and O–H groups in total. The molecule has 130 valence electrons. The third kappa shape index (κ3) is 3.14. The number of amides is 2. The summed E-state index contributed by atoms with van der Waals surface area (Å²) in [5, 5.41) is 0. The molecule has 0 bridgehead atoms. The van der Waals surface area contributed by atoms with Gasteiger partial charge in [-0.15, -0.1) is 0 Å². The fourth-order valence-corrected chi connectivity index (χ4v) is 3.19. The first kappa shape index (κ1) is 17.1. The highest BCUT2D eigenvalue weighted by Gasteiger charge is 2.42. The van der Waals surface area contributed by atoms with E-state index < -0.39 is 6.04 Å². The number of aryl methyl sites for hydroxylation is 1. The minimum atomic E-state index is -0.787. The summed E-state index contributed by atoms with van der Waals surface area (Å²) in [5.74, 6) is -0.664. The van der Waals surface area contributed by atoms with Crippen LogP contribution in [0.2, 0.25) is 0 Å². The van der Waals surface area contributed by atoms with Crippen LogP contribution in [0, 0.1) is 12.7 Å². The average molecular weight is 340 g/mol. The van der Waals surface area contributed by atoms with Crippen molar-refractivity contribution in [3.8, 4) is 0 Å². The summed E-state index contributed by atoms with van der Waals surface area (Å²) in [6, 6.07) is 12.4.